The number of nitrogens with one attached hydrogen (secondary N) is 1. The van der Waals surface area contributed by atoms with Gasteiger partial charge in [-0.3, -0.25) is 4.79 Å². The number of hydrogen-bond donors (Lipinski definition) is 1. The molecule has 200 valence electrons. The number of amides is 1. The van der Waals surface area contributed by atoms with Crippen LogP contribution in [-0.4, -0.2) is 52.4 Å². The molecule has 10 heteroatoms. The van der Waals surface area contributed by atoms with Gasteiger partial charge in [-0.2, -0.15) is 0 Å². The molecule has 0 spiro atoms. The molecule has 1 aromatic carbocycles. The quantitative estimate of drug-likeness (QED) is 0.298. The van der Waals surface area contributed by atoms with Gasteiger partial charge in [0.05, 0.1) is 18.0 Å². The monoisotopic (exact) mass is 532 g/mol. The number of ether oxygens (including phenoxy) is 1. The van der Waals surface area contributed by atoms with Crippen LogP contribution in [0.15, 0.2) is 67.9 Å². The average molecular weight is 533 g/mol. The Kier molecular flexibility index (Phi) is 5.69. The van der Waals surface area contributed by atoms with Crippen LogP contribution in [0.2, 0.25) is 0 Å². The molecule has 2 bridgehead atoms. The molecule has 4 aromatic heterocycles. The molecule has 0 radical (unpaired) electrons. The van der Waals surface area contributed by atoms with Gasteiger partial charge in [-0.1, -0.05) is 6.58 Å². The minimum Gasteiger partial charge on any atom is -0.455 e. The summed E-state index contributed by atoms with van der Waals surface area (Å²) >= 11 is 0. The fourth-order valence-electron chi connectivity index (χ4n) is 6.17. The van der Waals surface area contributed by atoms with Crippen LogP contribution < -0.4 is 10.1 Å². The van der Waals surface area contributed by atoms with Gasteiger partial charge in [-0.05, 0) is 68.2 Å². The smallest absolute Gasteiger partial charge is 0.246 e. The van der Waals surface area contributed by atoms with Gasteiger partial charge < -0.3 is 19.5 Å². The average Bonchev–Trinajstić information content (AvgIpc) is 3.67. The molecule has 2 aliphatic heterocycles. The number of rotatable bonds is 6. The molecule has 1 amide bonds. The highest BCUT2D eigenvalue weighted by Gasteiger charge is 2.48. The van der Waals surface area contributed by atoms with Crippen molar-refractivity contribution in [2.24, 2.45) is 7.05 Å². The number of pyridine rings is 2. The Hall–Kier alpha value is -4.86. The third-order valence-electron chi connectivity index (χ3n) is 8.04. The molecule has 0 saturated carbocycles. The summed E-state index contributed by atoms with van der Waals surface area (Å²) in [4.78, 5) is 37.3. The van der Waals surface area contributed by atoms with Gasteiger partial charge in [0.1, 0.15) is 28.9 Å². The molecule has 10 nitrogen and oxygen atoms in total. The zero-order valence-electron chi connectivity index (χ0n) is 22.3. The maximum Gasteiger partial charge on any atom is 0.246 e. The molecule has 0 aliphatic carbocycles. The normalized spacial score (nSPS) is 19.9. The number of fused-ring (bicyclic) bond motifs is 4. The molecule has 40 heavy (non-hydrogen) atoms. The molecule has 0 unspecified atom stereocenters. The number of carbonyl (C=O) groups is 1. The number of benzene rings is 1. The fraction of sp³-hybridized carbons (Fsp3) is 0.267. The Labute approximate surface area is 230 Å². The van der Waals surface area contributed by atoms with Crippen molar-refractivity contribution in [1.82, 2.24) is 34.4 Å². The SMILES string of the molecule is C=CC(=O)N1[C@@H]2CC[C@H]1[C@H](c1ccc3ncnc(Nc4ccc(Oc5cnc6c(c5)ncn6C)c(C)c4)c3n1)C2. The summed E-state index contributed by atoms with van der Waals surface area (Å²) in [7, 11) is 1.91. The van der Waals surface area contributed by atoms with Gasteiger partial charge in [0, 0.05) is 42.5 Å². The molecule has 7 rings (SSSR count). The van der Waals surface area contributed by atoms with Crippen molar-refractivity contribution in [2.45, 2.75) is 44.2 Å². The molecular weight excluding hydrogens is 504 g/mol. The van der Waals surface area contributed by atoms with E-state index in [1.807, 2.05) is 59.8 Å². The Balaban J connectivity index is 1.14. The number of aromatic nitrogens is 6. The van der Waals surface area contributed by atoms with Crippen molar-refractivity contribution in [3.63, 3.8) is 0 Å². The zero-order valence-corrected chi connectivity index (χ0v) is 22.3. The van der Waals surface area contributed by atoms with Gasteiger partial charge in [0.2, 0.25) is 5.91 Å². The van der Waals surface area contributed by atoms with Crippen LogP contribution in [0.25, 0.3) is 22.2 Å². The van der Waals surface area contributed by atoms with Crippen LogP contribution in [0.4, 0.5) is 11.5 Å². The maximum absolute atomic E-state index is 12.5. The summed E-state index contributed by atoms with van der Waals surface area (Å²) in [5.74, 6) is 2.19. The van der Waals surface area contributed by atoms with Crippen LogP contribution in [-0.2, 0) is 11.8 Å². The van der Waals surface area contributed by atoms with E-state index >= 15 is 0 Å². The van der Waals surface area contributed by atoms with Crippen molar-refractivity contribution in [3.05, 3.63) is 79.2 Å². The van der Waals surface area contributed by atoms with Gasteiger partial charge in [0.15, 0.2) is 11.5 Å². The third-order valence-corrected chi connectivity index (χ3v) is 8.04. The number of hydrogen-bond acceptors (Lipinski definition) is 8. The number of aryl methyl sites for hydroxylation is 2. The number of carbonyl (C=O) groups excluding carboxylic acids is 1. The van der Waals surface area contributed by atoms with Crippen molar-refractivity contribution in [2.75, 3.05) is 5.32 Å². The number of anilines is 2. The highest BCUT2D eigenvalue weighted by molar-refractivity contribution is 5.89. The highest BCUT2D eigenvalue weighted by atomic mass is 16.5. The second kappa shape index (κ2) is 9.41. The topological polar surface area (TPSA) is 111 Å². The van der Waals surface area contributed by atoms with Crippen molar-refractivity contribution < 1.29 is 9.53 Å². The lowest BCUT2D eigenvalue weighted by molar-refractivity contribution is -0.127. The van der Waals surface area contributed by atoms with Gasteiger partial charge in [-0.15, -0.1) is 0 Å². The van der Waals surface area contributed by atoms with E-state index in [0.717, 1.165) is 58.6 Å². The largest absolute Gasteiger partial charge is 0.455 e. The van der Waals surface area contributed by atoms with E-state index in [1.165, 1.54) is 6.08 Å². The summed E-state index contributed by atoms with van der Waals surface area (Å²) in [6.07, 6.45) is 9.35. The first-order valence-electron chi connectivity index (χ1n) is 13.4. The zero-order chi connectivity index (χ0) is 27.4. The molecule has 2 saturated heterocycles. The van der Waals surface area contributed by atoms with E-state index in [9.17, 15) is 4.79 Å². The summed E-state index contributed by atoms with van der Waals surface area (Å²) in [6.45, 7) is 5.68. The molecular formula is C30H28N8O2. The lowest BCUT2D eigenvalue weighted by Crippen LogP contribution is -2.34. The lowest BCUT2D eigenvalue weighted by atomic mass is 9.86. The third kappa shape index (κ3) is 4.03. The minimum atomic E-state index is 0.0119. The minimum absolute atomic E-state index is 0.0119. The molecule has 1 N–H and O–H groups in total. The molecule has 5 aromatic rings. The molecule has 2 fully saturated rings. The Morgan fingerprint density at radius 3 is 2.85 bits per heavy atom. The summed E-state index contributed by atoms with van der Waals surface area (Å²) in [5, 5.41) is 3.42. The summed E-state index contributed by atoms with van der Waals surface area (Å²) < 4.78 is 7.99. The first-order chi connectivity index (χ1) is 19.5. The second-order valence-corrected chi connectivity index (χ2v) is 10.5. The van der Waals surface area contributed by atoms with Gasteiger partial charge >= 0.3 is 0 Å². The van der Waals surface area contributed by atoms with E-state index in [-0.39, 0.29) is 23.9 Å². The van der Waals surface area contributed by atoms with E-state index in [0.29, 0.717) is 17.1 Å². The van der Waals surface area contributed by atoms with E-state index < -0.39 is 0 Å². The van der Waals surface area contributed by atoms with Crippen molar-refractivity contribution in [1.29, 1.82) is 0 Å². The van der Waals surface area contributed by atoms with Crippen LogP contribution >= 0.6 is 0 Å². The number of imidazole rings is 1. The Morgan fingerprint density at radius 2 is 2.00 bits per heavy atom. The fourth-order valence-corrected chi connectivity index (χ4v) is 6.17. The van der Waals surface area contributed by atoms with Gasteiger partial charge in [0.25, 0.3) is 0 Å². The first-order valence-corrected chi connectivity index (χ1v) is 13.4. The lowest BCUT2D eigenvalue weighted by Gasteiger charge is -2.23. The highest BCUT2D eigenvalue weighted by Crippen LogP contribution is 2.46. The van der Waals surface area contributed by atoms with Crippen LogP contribution in [0.3, 0.4) is 0 Å². The van der Waals surface area contributed by atoms with Crippen molar-refractivity contribution in [3.8, 4) is 11.5 Å². The standard InChI is InChI=1S/C30H28N8O2/c1-4-27(39)38-19-6-9-25(38)21(12-19)22-7-8-23-28(36-22)29(33-15-32-23)35-18-5-10-26(17(2)11-18)40-20-13-24-30(31-14-20)37(3)16-34-24/h4-5,7-8,10-11,13-16,19,21,25H,1,6,9,12H2,2-3H3,(H,32,33,35)/t19-,21+,25+/m1/s1. The molecule has 3 atom stereocenters. The summed E-state index contributed by atoms with van der Waals surface area (Å²) in [5.41, 5.74) is 5.84. The van der Waals surface area contributed by atoms with E-state index in [2.05, 4.69) is 31.8 Å². The Bertz CT molecular complexity index is 1800. The van der Waals surface area contributed by atoms with Crippen LogP contribution in [0.1, 0.15) is 36.4 Å². The second-order valence-electron chi connectivity index (χ2n) is 10.5. The molecule has 6 heterocycles. The Morgan fingerprint density at radius 1 is 1.10 bits per heavy atom. The maximum atomic E-state index is 12.5. The summed E-state index contributed by atoms with van der Waals surface area (Å²) in [6, 6.07) is 12.2. The first kappa shape index (κ1) is 24.2. The van der Waals surface area contributed by atoms with Gasteiger partial charge in [-0.25, -0.2) is 24.9 Å². The molecule has 2 aliphatic rings. The predicted molar refractivity (Wildman–Crippen MR) is 152 cm³/mol. The predicted octanol–water partition coefficient (Wildman–Crippen LogP) is 5.18. The van der Waals surface area contributed by atoms with Crippen LogP contribution in [0, 0.1) is 6.92 Å². The van der Waals surface area contributed by atoms with Crippen molar-refractivity contribution >= 4 is 39.6 Å². The van der Waals surface area contributed by atoms with E-state index in [1.54, 1.807) is 18.9 Å². The van der Waals surface area contributed by atoms with Crippen LogP contribution in [0.5, 0.6) is 11.5 Å². The number of nitrogens with zero attached hydrogens (tertiary/aromatic N) is 7. The van der Waals surface area contributed by atoms with E-state index in [4.69, 9.17) is 9.72 Å².